The summed E-state index contributed by atoms with van der Waals surface area (Å²) >= 11 is 0. The molecule has 0 aliphatic carbocycles. The van der Waals surface area contributed by atoms with Crippen LogP contribution in [0.15, 0.2) is 30.3 Å². The molecule has 0 radical (unpaired) electrons. The van der Waals surface area contributed by atoms with Crippen LogP contribution in [0.5, 0.6) is 0 Å². The van der Waals surface area contributed by atoms with Crippen LogP contribution in [0, 0.1) is 24.4 Å². The van der Waals surface area contributed by atoms with E-state index in [0.717, 1.165) is 30.7 Å². The molecule has 0 aliphatic heterocycles. The first-order chi connectivity index (χ1) is 10.0. The van der Waals surface area contributed by atoms with Gasteiger partial charge in [-0.25, -0.2) is 13.2 Å². The molecule has 2 rings (SSSR count). The Labute approximate surface area is 122 Å². The number of rotatable bonds is 5. The molecule has 112 valence electrons. The van der Waals surface area contributed by atoms with Gasteiger partial charge in [-0.05, 0) is 55.3 Å². The van der Waals surface area contributed by atoms with Crippen molar-refractivity contribution < 1.29 is 13.2 Å². The van der Waals surface area contributed by atoms with Gasteiger partial charge in [-0.1, -0.05) is 13.0 Å². The summed E-state index contributed by atoms with van der Waals surface area (Å²) in [6.45, 7) is 4.94. The van der Waals surface area contributed by atoms with Gasteiger partial charge < -0.3 is 5.32 Å². The normalized spacial score (nSPS) is 10.9. The van der Waals surface area contributed by atoms with Crippen LogP contribution in [-0.2, 0) is 6.54 Å². The lowest BCUT2D eigenvalue weighted by Crippen LogP contribution is -2.13. The molecule has 0 spiro atoms. The van der Waals surface area contributed by atoms with E-state index in [4.69, 9.17) is 0 Å². The Morgan fingerprint density at radius 1 is 0.905 bits per heavy atom. The highest BCUT2D eigenvalue weighted by Gasteiger charge is 2.13. The van der Waals surface area contributed by atoms with Crippen molar-refractivity contribution in [3.05, 3.63) is 58.9 Å². The number of aryl methyl sites for hydroxylation is 1. The molecule has 0 saturated heterocycles. The second-order valence-electron chi connectivity index (χ2n) is 5.07. The highest BCUT2D eigenvalue weighted by Crippen LogP contribution is 2.28. The number of hydrogen-bond donors (Lipinski definition) is 1. The van der Waals surface area contributed by atoms with E-state index >= 15 is 0 Å². The minimum Gasteiger partial charge on any atom is -0.313 e. The first-order valence-electron chi connectivity index (χ1n) is 6.98. The molecule has 0 atom stereocenters. The molecule has 0 bridgehead atoms. The maximum Gasteiger partial charge on any atom is 0.131 e. The molecule has 4 heteroatoms. The summed E-state index contributed by atoms with van der Waals surface area (Å²) in [7, 11) is 0. The van der Waals surface area contributed by atoms with E-state index in [1.165, 1.54) is 13.0 Å². The molecule has 2 aromatic rings. The molecule has 0 saturated carbocycles. The van der Waals surface area contributed by atoms with Gasteiger partial charge in [0.1, 0.15) is 17.5 Å². The number of halogens is 3. The molecule has 0 amide bonds. The minimum atomic E-state index is -0.619. The van der Waals surface area contributed by atoms with E-state index in [2.05, 4.69) is 5.32 Å². The maximum atomic E-state index is 14.0. The van der Waals surface area contributed by atoms with E-state index in [1.807, 2.05) is 6.92 Å². The van der Waals surface area contributed by atoms with Gasteiger partial charge in [-0.2, -0.15) is 0 Å². The van der Waals surface area contributed by atoms with Crippen LogP contribution < -0.4 is 5.32 Å². The largest absolute Gasteiger partial charge is 0.313 e. The number of benzene rings is 2. The number of nitrogens with one attached hydrogen (secondary N) is 1. The van der Waals surface area contributed by atoms with Crippen molar-refractivity contribution >= 4 is 0 Å². The van der Waals surface area contributed by atoms with Gasteiger partial charge >= 0.3 is 0 Å². The van der Waals surface area contributed by atoms with Gasteiger partial charge in [-0.15, -0.1) is 0 Å². The molecule has 0 heterocycles. The van der Waals surface area contributed by atoms with Crippen molar-refractivity contribution in [2.45, 2.75) is 26.8 Å². The van der Waals surface area contributed by atoms with E-state index < -0.39 is 17.5 Å². The van der Waals surface area contributed by atoms with Crippen molar-refractivity contribution in [1.82, 2.24) is 5.32 Å². The van der Waals surface area contributed by atoms with Crippen molar-refractivity contribution in [2.75, 3.05) is 6.54 Å². The van der Waals surface area contributed by atoms with Crippen molar-refractivity contribution in [1.29, 1.82) is 0 Å². The molecular formula is C17H18F3N. The van der Waals surface area contributed by atoms with Gasteiger partial charge in [0.15, 0.2) is 0 Å². The van der Waals surface area contributed by atoms with Gasteiger partial charge in [0.2, 0.25) is 0 Å². The summed E-state index contributed by atoms with van der Waals surface area (Å²) in [6, 6.07) is 6.63. The van der Waals surface area contributed by atoms with Gasteiger partial charge in [0.25, 0.3) is 0 Å². The topological polar surface area (TPSA) is 12.0 Å². The lowest BCUT2D eigenvalue weighted by atomic mass is 10.00. The molecule has 1 N–H and O–H groups in total. The monoisotopic (exact) mass is 293 g/mol. The Hall–Kier alpha value is -1.81. The molecule has 0 aliphatic rings. The summed E-state index contributed by atoms with van der Waals surface area (Å²) in [5.74, 6) is -1.72. The third kappa shape index (κ3) is 3.64. The summed E-state index contributed by atoms with van der Waals surface area (Å²) in [6.07, 6.45) is 0.992. The Kier molecular flexibility index (Phi) is 5.02. The lowest BCUT2D eigenvalue weighted by molar-refractivity contribution is 0.591. The first kappa shape index (κ1) is 15.6. The van der Waals surface area contributed by atoms with E-state index in [1.54, 1.807) is 12.1 Å². The average molecular weight is 293 g/mol. The second kappa shape index (κ2) is 6.76. The smallest absolute Gasteiger partial charge is 0.131 e. The lowest BCUT2D eigenvalue weighted by Gasteiger charge is -2.10. The fourth-order valence-corrected chi connectivity index (χ4v) is 2.15. The zero-order chi connectivity index (χ0) is 15.4. The minimum absolute atomic E-state index is 0.0482. The molecule has 2 aromatic carbocycles. The zero-order valence-electron chi connectivity index (χ0n) is 12.1. The van der Waals surface area contributed by atoms with Crippen LogP contribution in [0.3, 0.4) is 0 Å². The Morgan fingerprint density at radius 3 is 2.33 bits per heavy atom. The van der Waals surface area contributed by atoms with Crippen LogP contribution in [0.1, 0.15) is 24.5 Å². The summed E-state index contributed by atoms with van der Waals surface area (Å²) in [4.78, 5) is 0. The van der Waals surface area contributed by atoms with Crippen molar-refractivity contribution in [3.8, 4) is 11.1 Å². The Bertz CT molecular complexity index is 638. The quantitative estimate of drug-likeness (QED) is 0.796. The van der Waals surface area contributed by atoms with Crippen LogP contribution in [0.25, 0.3) is 11.1 Å². The Balaban J connectivity index is 2.39. The summed E-state index contributed by atoms with van der Waals surface area (Å²) < 4.78 is 41.6. The predicted octanol–water partition coefficient (Wildman–Crippen LogP) is 4.58. The summed E-state index contributed by atoms with van der Waals surface area (Å²) in [5.41, 5.74) is 1.08. The fourth-order valence-electron chi connectivity index (χ4n) is 2.15. The van der Waals surface area contributed by atoms with Crippen molar-refractivity contribution in [2.24, 2.45) is 0 Å². The maximum absolute atomic E-state index is 14.0. The number of hydrogen-bond acceptors (Lipinski definition) is 1. The van der Waals surface area contributed by atoms with Crippen LogP contribution in [-0.4, -0.2) is 6.54 Å². The molecule has 0 unspecified atom stereocenters. The van der Waals surface area contributed by atoms with E-state index in [0.29, 0.717) is 6.54 Å². The highest BCUT2D eigenvalue weighted by molar-refractivity contribution is 5.66. The fraction of sp³-hybridized carbons (Fsp3) is 0.294. The SMILES string of the molecule is CCCNCc1ccc(F)c(-c2cc(F)c(C)cc2F)c1. The van der Waals surface area contributed by atoms with Crippen molar-refractivity contribution in [3.63, 3.8) is 0 Å². The third-order valence-corrected chi connectivity index (χ3v) is 3.33. The Morgan fingerprint density at radius 2 is 1.62 bits per heavy atom. The van der Waals surface area contributed by atoms with Gasteiger partial charge in [-0.3, -0.25) is 0 Å². The zero-order valence-corrected chi connectivity index (χ0v) is 12.1. The van der Waals surface area contributed by atoms with Crippen LogP contribution in [0.4, 0.5) is 13.2 Å². The molecule has 0 aromatic heterocycles. The van der Waals surface area contributed by atoms with Gasteiger partial charge in [0, 0.05) is 17.7 Å². The predicted molar refractivity (Wildman–Crippen MR) is 78.5 cm³/mol. The molecule has 21 heavy (non-hydrogen) atoms. The third-order valence-electron chi connectivity index (χ3n) is 3.33. The molecule has 0 fully saturated rings. The van der Waals surface area contributed by atoms with Crippen LogP contribution >= 0.6 is 0 Å². The average Bonchev–Trinajstić information content (AvgIpc) is 2.45. The molecular weight excluding hydrogens is 275 g/mol. The van der Waals surface area contributed by atoms with Crippen LogP contribution in [0.2, 0.25) is 0 Å². The molecule has 1 nitrogen and oxygen atoms in total. The van der Waals surface area contributed by atoms with E-state index in [9.17, 15) is 13.2 Å². The highest BCUT2D eigenvalue weighted by atomic mass is 19.1. The standard InChI is InChI=1S/C17H18F3N/c1-3-6-21-10-12-4-5-15(18)13(8-12)14-9-16(19)11(2)7-17(14)20/h4-5,7-9,21H,3,6,10H2,1-2H3. The first-order valence-corrected chi connectivity index (χ1v) is 6.98. The second-order valence-corrected chi connectivity index (χ2v) is 5.07. The van der Waals surface area contributed by atoms with E-state index in [-0.39, 0.29) is 16.7 Å². The summed E-state index contributed by atoms with van der Waals surface area (Å²) in [5, 5.41) is 3.19. The van der Waals surface area contributed by atoms with Gasteiger partial charge in [0.05, 0.1) is 0 Å².